The summed E-state index contributed by atoms with van der Waals surface area (Å²) in [6.07, 6.45) is 2.83. The number of halogens is 1. The summed E-state index contributed by atoms with van der Waals surface area (Å²) in [6.45, 7) is 1.49. The number of nitrogens with zero attached hydrogens (tertiary/aromatic N) is 3. The first-order valence-electron chi connectivity index (χ1n) is 7.18. The highest BCUT2D eigenvalue weighted by molar-refractivity contribution is 7.17. The van der Waals surface area contributed by atoms with Crippen LogP contribution < -0.4 is 0 Å². The minimum absolute atomic E-state index is 0.0730. The molecular weight excluding hydrogens is 318 g/mol. The molecule has 0 radical (unpaired) electrons. The maximum atomic E-state index is 12.5. The normalized spacial score (nSPS) is 18.2. The first-order valence-corrected chi connectivity index (χ1v) is 8.38. The lowest BCUT2D eigenvalue weighted by atomic mass is 10.2. The monoisotopic (exact) mass is 331 g/mol. The van der Waals surface area contributed by atoms with E-state index in [1.165, 1.54) is 11.3 Å². The molecule has 1 aliphatic heterocycles. The lowest BCUT2D eigenvalue weighted by Gasteiger charge is -2.16. The van der Waals surface area contributed by atoms with Crippen LogP contribution in [0.25, 0.3) is 11.0 Å². The number of rotatable bonds is 2. The molecule has 4 rings (SSSR count). The summed E-state index contributed by atoms with van der Waals surface area (Å²) < 4.78 is 2.84. The van der Waals surface area contributed by atoms with Gasteiger partial charge in [0.2, 0.25) is 0 Å². The topological polar surface area (TPSA) is 38.1 Å². The highest BCUT2D eigenvalue weighted by atomic mass is 35.5. The predicted molar refractivity (Wildman–Crippen MR) is 88.6 cm³/mol. The highest BCUT2D eigenvalue weighted by Gasteiger charge is 2.29. The Bertz CT molecular complexity index is 841. The van der Waals surface area contributed by atoms with Crippen LogP contribution >= 0.6 is 22.9 Å². The number of aromatic nitrogens is 2. The zero-order valence-corrected chi connectivity index (χ0v) is 13.3. The second-order valence-corrected chi connectivity index (χ2v) is 7.15. The smallest absolute Gasteiger partial charge is 0.264 e. The summed E-state index contributed by atoms with van der Waals surface area (Å²) in [6, 6.07) is 12.0. The number of amides is 1. The Hall–Kier alpha value is -1.85. The van der Waals surface area contributed by atoms with Crippen LogP contribution in [-0.2, 0) is 0 Å². The molecule has 0 bridgehead atoms. The third-order valence-corrected chi connectivity index (χ3v) is 5.33. The van der Waals surface area contributed by atoms with Crippen LogP contribution in [0.3, 0.4) is 0 Å². The summed E-state index contributed by atoms with van der Waals surface area (Å²) in [7, 11) is 0. The standard InChI is InChI=1S/C16H14ClN3OS/c17-15-6-5-14(22-15)16(21)19-8-7-11(9-19)20-10-18-12-3-1-2-4-13(12)20/h1-6,10-11H,7-9H2. The second-order valence-electron chi connectivity index (χ2n) is 5.44. The van der Waals surface area contributed by atoms with Gasteiger partial charge in [0.1, 0.15) is 0 Å². The molecule has 1 unspecified atom stereocenters. The van der Waals surface area contributed by atoms with Gasteiger partial charge in [-0.1, -0.05) is 23.7 Å². The molecule has 4 nitrogen and oxygen atoms in total. The molecule has 112 valence electrons. The number of thiophene rings is 1. The van der Waals surface area contributed by atoms with E-state index in [0.717, 1.165) is 24.0 Å². The molecule has 0 N–H and O–H groups in total. The van der Waals surface area contributed by atoms with Crippen LogP contribution in [0.15, 0.2) is 42.7 Å². The molecule has 1 atom stereocenters. The van der Waals surface area contributed by atoms with Gasteiger partial charge in [-0.3, -0.25) is 4.79 Å². The Morgan fingerprint density at radius 3 is 2.95 bits per heavy atom. The zero-order valence-electron chi connectivity index (χ0n) is 11.8. The van der Waals surface area contributed by atoms with Crippen molar-refractivity contribution in [2.24, 2.45) is 0 Å². The maximum absolute atomic E-state index is 12.5. The number of para-hydroxylation sites is 2. The van der Waals surface area contributed by atoms with Crippen molar-refractivity contribution in [1.82, 2.24) is 14.5 Å². The summed E-state index contributed by atoms with van der Waals surface area (Å²) in [4.78, 5) is 19.5. The van der Waals surface area contributed by atoms with E-state index in [-0.39, 0.29) is 11.9 Å². The van der Waals surface area contributed by atoms with Crippen molar-refractivity contribution in [3.8, 4) is 0 Å². The zero-order chi connectivity index (χ0) is 15.1. The summed E-state index contributed by atoms with van der Waals surface area (Å²) in [5.74, 6) is 0.0730. The molecule has 6 heteroatoms. The van der Waals surface area contributed by atoms with Crippen molar-refractivity contribution in [2.45, 2.75) is 12.5 Å². The lowest BCUT2D eigenvalue weighted by Crippen LogP contribution is -2.28. The van der Waals surface area contributed by atoms with Gasteiger partial charge in [-0.25, -0.2) is 4.98 Å². The van der Waals surface area contributed by atoms with Gasteiger partial charge in [0.05, 0.1) is 32.6 Å². The molecule has 1 aromatic carbocycles. The Labute approximate surface area is 136 Å². The van der Waals surface area contributed by atoms with Gasteiger partial charge in [0.25, 0.3) is 5.91 Å². The van der Waals surface area contributed by atoms with Crippen LogP contribution in [0.4, 0.5) is 0 Å². The second kappa shape index (κ2) is 5.41. The van der Waals surface area contributed by atoms with E-state index in [2.05, 4.69) is 15.6 Å². The van der Waals surface area contributed by atoms with Gasteiger partial charge in [0.15, 0.2) is 0 Å². The van der Waals surface area contributed by atoms with Gasteiger partial charge < -0.3 is 9.47 Å². The Kier molecular flexibility index (Phi) is 3.39. The fourth-order valence-corrected chi connectivity index (χ4v) is 4.02. The summed E-state index contributed by atoms with van der Waals surface area (Å²) >= 11 is 7.26. The van der Waals surface area contributed by atoms with Crippen molar-refractivity contribution < 1.29 is 4.79 Å². The van der Waals surface area contributed by atoms with Crippen LogP contribution in [0, 0.1) is 0 Å². The average Bonchev–Trinajstić information content (AvgIpc) is 3.24. The minimum Gasteiger partial charge on any atom is -0.336 e. The van der Waals surface area contributed by atoms with E-state index in [9.17, 15) is 4.79 Å². The number of fused-ring (bicyclic) bond motifs is 1. The van der Waals surface area contributed by atoms with Crippen molar-refractivity contribution in [1.29, 1.82) is 0 Å². The molecule has 1 fully saturated rings. The van der Waals surface area contributed by atoms with E-state index in [1.807, 2.05) is 29.4 Å². The average molecular weight is 332 g/mol. The Morgan fingerprint density at radius 2 is 2.14 bits per heavy atom. The molecule has 3 aromatic rings. The van der Waals surface area contributed by atoms with Gasteiger partial charge in [0, 0.05) is 13.1 Å². The molecule has 0 spiro atoms. The number of hydrogen-bond donors (Lipinski definition) is 0. The van der Waals surface area contributed by atoms with Crippen molar-refractivity contribution >= 4 is 39.9 Å². The first-order chi connectivity index (χ1) is 10.7. The minimum atomic E-state index is 0.0730. The van der Waals surface area contributed by atoms with Gasteiger partial charge >= 0.3 is 0 Å². The lowest BCUT2D eigenvalue weighted by molar-refractivity contribution is 0.0792. The number of imidazole rings is 1. The first kappa shape index (κ1) is 13.8. The van der Waals surface area contributed by atoms with E-state index in [1.54, 1.807) is 12.1 Å². The number of likely N-dealkylation sites (tertiary alicyclic amines) is 1. The number of benzene rings is 1. The molecule has 1 aliphatic rings. The molecule has 1 saturated heterocycles. The molecule has 2 aromatic heterocycles. The molecule has 3 heterocycles. The Balaban J connectivity index is 1.56. The van der Waals surface area contributed by atoms with Gasteiger partial charge in [-0.05, 0) is 30.7 Å². The molecule has 22 heavy (non-hydrogen) atoms. The summed E-state index contributed by atoms with van der Waals surface area (Å²) in [5, 5.41) is 0. The van der Waals surface area contributed by atoms with Crippen molar-refractivity contribution in [3.63, 3.8) is 0 Å². The van der Waals surface area contributed by atoms with Crippen molar-refractivity contribution in [2.75, 3.05) is 13.1 Å². The predicted octanol–water partition coefficient (Wildman–Crippen LogP) is 3.84. The quantitative estimate of drug-likeness (QED) is 0.715. The molecule has 1 amide bonds. The van der Waals surface area contributed by atoms with Gasteiger partial charge in [-0.15, -0.1) is 11.3 Å². The van der Waals surface area contributed by atoms with Crippen LogP contribution in [0.5, 0.6) is 0 Å². The van der Waals surface area contributed by atoms with E-state index < -0.39 is 0 Å². The molecular formula is C16H14ClN3OS. The molecule has 0 aliphatic carbocycles. The number of hydrogen-bond acceptors (Lipinski definition) is 3. The fourth-order valence-electron chi connectivity index (χ4n) is 3.01. The van der Waals surface area contributed by atoms with E-state index in [0.29, 0.717) is 15.8 Å². The van der Waals surface area contributed by atoms with Crippen LogP contribution in [0.1, 0.15) is 22.1 Å². The Morgan fingerprint density at radius 1 is 1.27 bits per heavy atom. The third-order valence-electron chi connectivity index (χ3n) is 4.11. The molecule has 0 saturated carbocycles. The number of carbonyl (C=O) groups excluding carboxylic acids is 1. The van der Waals surface area contributed by atoms with Crippen molar-refractivity contribution in [3.05, 3.63) is 51.9 Å². The van der Waals surface area contributed by atoms with Crippen LogP contribution in [-0.4, -0.2) is 33.4 Å². The SMILES string of the molecule is O=C(c1ccc(Cl)s1)N1CCC(n2cnc3ccccc32)C1. The largest absolute Gasteiger partial charge is 0.336 e. The van der Waals surface area contributed by atoms with Gasteiger partial charge in [-0.2, -0.15) is 0 Å². The van der Waals surface area contributed by atoms with E-state index >= 15 is 0 Å². The summed E-state index contributed by atoms with van der Waals surface area (Å²) in [5.41, 5.74) is 2.12. The fraction of sp³-hybridized carbons (Fsp3) is 0.250. The maximum Gasteiger partial charge on any atom is 0.264 e. The van der Waals surface area contributed by atoms with Crippen LogP contribution in [0.2, 0.25) is 4.34 Å². The van der Waals surface area contributed by atoms with E-state index in [4.69, 9.17) is 11.6 Å². The third kappa shape index (κ3) is 2.30. The number of carbonyl (C=O) groups is 1. The highest BCUT2D eigenvalue weighted by Crippen LogP contribution is 2.29.